The van der Waals surface area contributed by atoms with Gasteiger partial charge in [-0.3, -0.25) is 0 Å². The van der Waals surface area contributed by atoms with Gasteiger partial charge in [0.25, 0.3) is 0 Å². The fraction of sp³-hybridized carbons (Fsp3) is 0.417. The summed E-state index contributed by atoms with van der Waals surface area (Å²) in [4.78, 5) is 11.5. The first kappa shape index (κ1) is 13.3. The summed E-state index contributed by atoms with van der Waals surface area (Å²) in [5, 5.41) is 8.54. The van der Waals surface area contributed by atoms with E-state index in [1.807, 2.05) is 7.05 Å². The summed E-state index contributed by atoms with van der Waals surface area (Å²) in [6.07, 6.45) is 0.909. The minimum Gasteiger partial charge on any atom is -0.497 e. The minimum atomic E-state index is -0.189. The van der Waals surface area contributed by atoms with Crippen LogP contribution in [-0.4, -0.2) is 33.3 Å². The highest BCUT2D eigenvalue weighted by molar-refractivity contribution is 5.89. The number of methoxy groups -OCH3 is 1. The van der Waals surface area contributed by atoms with Crippen LogP contribution in [0.4, 0.5) is 10.5 Å². The zero-order valence-corrected chi connectivity index (χ0v) is 10.2. The van der Waals surface area contributed by atoms with E-state index in [0.29, 0.717) is 6.54 Å². The number of carbonyl (C=O) groups is 1. The van der Waals surface area contributed by atoms with Gasteiger partial charge < -0.3 is 20.7 Å². The van der Waals surface area contributed by atoms with Gasteiger partial charge in [-0.1, -0.05) is 0 Å². The van der Waals surface area contributed by atoms with Crippen LogP contribution >= 0.6 is 0 Å². The molecule has 0 aliphatic rings. The predicted octanol–water partition coefficient (Wildman–Crippen LogP) is 1.43. The lowest BCUT2D eigenvalue weighted by atomic mass is 10.3. The van der Waals surface area contributed by atoms with Crippen molar-refractivity contribution in [3.63, 3.8) is 0 Å². The van der Waals surface area contributed by atoms with E-state index < -0.39 is 0 Å². The van der Waals surface area contributed by atoms with E-state index in [1.54, 1.807) is 31.4 Å². The van der Waals surface area contributed by atoms with Crippen LogP contribution < -0.4 is 20.7 Å². The smallest absolute Gasteiger partial charge is 0.319 e. The molecule has 0 bridgehead atoms. The summed E-state index contributed by atoms with van der Waals surface area (Å²) in [5.74, 6) is 0.768. The summed E-state index contributed by atoms with van der Waals surface area (Å²) in [5.41, 5.74) is 0.747. The maximum Gasteiger partial charge on any atom is 0.319 e. The van der Waals surface area contributed by atoms with Crippen molar-refractivity contribution in [3.05, 3.63) is 24.3 Å². The predicted molar refractivity (Wildman–Crippen MR) is 68.6 cm³/mol. The largest absolute Gasteiger partial charge is 0.497 e. The average Bonchev–Trinajstić information content (AvgIpc) is 2.36. The Bertz CT molecular complexity index is 338. The third kappa shape index (κ3) is 5.21. The molecule has 2 amide bonds. The maximum absolute atomic E-state index is 11.5. The van der Waals surface area contributed by atoms with Gasteiger partial charge in [0.05, 0.1) is 7.11 Å². The average molecular weight is 237 g/mol. The van der Waals surface area contributed by atoms with Gasteiger partial charge in [0.2, 0.25) is 0 Å². The van der Waals surface area contributed by atoms with Gasteiger partial charge in [0, 0.05) is 12.2 Å². The van der Waals surface area contributed by atoms with E-state index in [9.17, 15) is 4.79 Å². The molecule has 0 unspecified atom stereocenters. The molecule has 17 heavy (non-hydrogen) atoms. The highest BCUT2D eigenvalue weighted by Gasteiger charge is 2.00. The molecule has 5 heteroatoms. The van der Waals surface area contributed by atoms with Crippen LogP contribution in [0.15, 0.2) is 24.3 Å². The number of ether oxygens (including phenoxy) is 1. The van der Waals surface area contributed by atoms with Gasteiger partial charge in [-0.15, -0.1) is 0 Å². The lowest BCUT2D eigenvalue weighted by molar-refractivity contribution is 0.252. The van der Waals surface area contributed by atoms with Crippen molar-refractivity contribution in [2.24, 2.45) is 0 Å². The van der Waals surface area contributed by atoms with Crippen LogP contribution in [-0.2, 0) is 0 Å². The number of hydrogen-bond acceptors (Lipinski definition) is 3. The monoisotopic (exact) mass is 237 g/mol. The summed E-state index contributed by atoms with van der Waals surface area (Å²) in [6, 6.07) is 7.01. The van der Waals surface area contributed by atoms with Crippen molar-refractivity contribution in [1.82, 2.24) is 10.6 Å². The Balaban J connectivity index is 2.29. The van der Waals surface area contributed by atoms with E-state index in [2.05, 4.69) is 16.0 Å². The van der Waals surface area contributed by atoms with Crippen molar-refractivity contribution in [2.75, 3.05) is 32.6 Å². The molecule has 1 rings (SSSR count). The molecule has 94 valence electrons. The first-order valence-electron chi connectivity index (χ1n) is 5.59. The quantitative estimate of drug-likeness (QED) is 0.656. The molecule has 0 aliphatic carbocycles. The second-order valence-corrected chi connectivity index (χ2v) is 3.57. The molecule has 3 N–H and O–H groups in total. The van der Waals surface area contributed by atoms with E-state index in [0.717, 1.165) is 24.4 Å². The molecular formula is C12H19N3O2. The van der Waals surface area contributed by atoms with Gasteiger partial charge in [0.15, 0.2) is 0 Å². The summed E-state index contributed by atoms with van der Waals surface area (Å²) in [7, 11) is 3.49. The first-order chi connectivity index (χ1) is 8.26. The number of benzene rings is 1. The van der Waals surface area contributed by atoms with Gasteiger partial charge in [-0.05, 0) is 44.3 Å². The maximum atomic E-state index is 11.5. The third-order valence-electron chi connectivity index (χ3n) is 2.24. The van der Waals surface area contributed by atoms with Crippen molar-refractivity contribution in [3.8, 4) is 5.75 Å². The van der Waals surface area contributed by atoms with E-state index in [1.165, 1.54) is 0 Å². The molecule has 0 saturated heterocycles. The Hall–Kier alpha value is -1.75. The summed E-state index contributed by atoms with van der Waals surface area (Å²) in [6.45, 7) is 1.55. The minimum absolute atomic E-state index is 0.189. The van der Waals surface area contributed by atoms with Crippen molar-refractivity contribution < 1.29 is 9.53 Å². The van der Waals surface area contributed by atoms with Crippen molar-refractivity contribution in [1.29, 1.82) is 0 Å². The molecule has 5 nitrogen and oxygen atoms in total. The molecule has 0 fully saturated rings. The summed E-state index contributed by atoms with van der Waals surface area (Å²) >= 11 is 0. The third-order valence-corrected chi connectivity index (χ3v) is 2.24. The number of hydrogen-bond donors (Lipinski definition) is 3. The molecule has 0 heterocycles. The van der Waals surface area contributed by atoms with Gasteiger partial charge >= 0.3 is 6.03 Å². The number of urea groups is 1. The van der Waals surface area contributed by atoms with Gasteiger partial charge in [-0.2, -0.15) is 0 Å². The topological polar surface area (TPSA) is 62.4 Å². The van der Waals surface area contributed by atoms with Crippen LogP contribution in [0.2, 0.25) is 0 Å². The van der Waals surface area contributed by atoms with E-state index in [-0.39, 0.29) is 6.03 Å². The normalized spacial score (nSPS) is 9.76. The highest BCUT2D eigenvalue weighted by Crippen LogP contribution is 2.14. The summed E-state index contributed by atoms with van der Waals surface area (Å²) < 4.78 is 5.03. The number of nitrogens with one attached hydrogen (secondary N) is 3. The van der Waals surface area contributed by atoms with E-state index in [4.69, 9.17) is 4.74 Å². The number of rotatable bonds is 6. The van der Waals surface area contributed by atoms with E-state index >= 15 is 0 Å². The zero-order chi connectivity index (χ0) is 12.5. The van der Waals surface area contributed by atoms with Crippen LogP contribution in [0.25, 0.3) is 0 Å². The Morgan fingerprint density at radius 1 is 1.24 bits per heavy atom. The lowest BCUT2D eigenvalue weighted by Crippen LogP contribution is -2.30. The Labute approximate surface area is 102 Å². The fourth-order valence-corrected chi connectivity index (χ4v) is 1.32. The number of carbonyl (C=O) groups excluding carboxylic acids is 1. The molecule has 0 aromatic heterocycles. The Morgan fingerprint density at radius 3 is 2.53 bits per heavy atom. The Morgan fingerprint density at radius 2 is 1.94 bits per heavy atom. The molecule has 0 aliphatic heterocycles. The molecule has 0 atom stereocenters. The van der Waals surface area contributed by atoms with Crippen LogP contribution in [0.3, 0.4) is 0 Å². The first-order valence-corrected chi connectivity index (χ1v) is 5.59. The van der Waals surface area contributed by atoms with Gasteiger partial charge in [-0.25, -0.2) is 4.79 Å². The molecule has 1 aromatic carbocycles. The lowest BCUT2D eigenvalue weighted by Gasteiger charge is -2.08. The zero-order valence-electron chi connectivity index (χ0n) is 10.2. The Kier molecular flexibility index (Phi) is 5.88. The highest BCUT2D eigenvalue weighted by atomic mass is 16.5. The SMILES string of the molecule is CNCCCNC(=O)Nc1ccc(OC)cc1. The van der Waals surface area contributed by atoms with Crippen LogP contribution in [0.1, 0.15) is 6.42 Å². The second kappa shape index (κ2) is 7.51. The van der Waals surface area contributed by atoms with Crippen LogP contribution in [0.5, 0.6) is 5.75 Å². The van der Waals surface area contributed by atoms with Crippen LogP contribution in [0, 0.1) is 0 Å². The van der Waals surface area contributed by atoms with Gasteiger partial charge in [0.1, 0.15) is 5.75 Å². The number of amides is 2. The molecular weight excluding hydrogens is 218 g/mol. The second-order valence-electron chi connectivity index (χ2n) is 3.57. The standard InChI is InChI=1S/C12H19N3O2/c1-13-8-3-9-14-12(16)15-10-4-6-11(17-2)7-5-10/h4-7,13H,3,8-9H2,1-2H3,(H2,14,15,16). The molecule has 0 radical (unpaired) electrons. The molecule has 0 saturated carbocycles. The molecule has 1 aromatic rings. The van der Waals surface area contributed by atoms with Crippen molar-refractivity contribution in [2.45, 2.75) is 6.42 Å². The van der Waals surface area contributed by atoms with Crippen molar-refractivity contribution >= 4 is 11.7 Å². The molecule has 0 spiro atoms. The number of anilines is 1. The fourth-order valence-electron chi connectivity index (χ4n) is 1.32.